The predicted octanol–water partition coefficient (Wildman–Crippen LogP) is 4.53. The zero-order chi connectivity index (χ0) is 22.5. The molecular weight excluding hydrogens is 446 g/mol. The molecule has 0 radical (unpaired) electrons. The van der Waals surface area contributed by atoms with Crippen molar-refractivity contribution in [1.29, 1.82) is 0 Å². The normalized spacial score (nSPS) is 11.3. The van der Waals surface area contributed by atoms with Crippen LogP contribution in [-0.4, -0.2) is 44.0 Å². The van der Waals surface area contributed by atoms with Crippen LogP contribution >= 0.6 is 23.2 Å². The van der Waals surface area contributed by atoms with Gasteiger partial charge in [-0.15, -0.1) is 0 Å². The third-order valence-corrected chi connectivity index (χ3v) is 4.40. The van der Waals surface area contributed by atoms with Gasteiger partial charge >= 0.3 is 6.18 Å². The van der Waals surface area contributed by atoms with Crippen molar-refractivity contribution in [2.24, 2.45) is 0 Å². The van der Waals surface area contributed by atoms with E-state index in [4.69, 9.17) is 27.9 Å². The van der Waals surface area contributed by atoms with E-state index in [1.54, 1.807) is 12.1 Å². The van der Waals surface area contributed by atoms with Gasteiger partial charge in [0.25, 0.3) is 0 Å². The van der Waals surface area contributed by atoms with Crippen molar-refractivity contribution in [1.82, 2.24) is 4.90 Å². The van der Waals surface area contributed by atoms with Crippen LogP contribution in [0.2, 0.25) is 10.0 Å². The highest BCUT2D eigenvalue weighted by atomic mass is 35.5. The number of alkyl halides is 3. The SMILES string of the molecule is COc1ccc(Cl)cc1NC(=O)CN(C)CC(=O)Nc1c(Cl)cccc1C(F)(F)F. The van der Waals surface area contributed by atoms with Gasteiger partial charge < -0.3 is 15.4 Å². The molecule has 2 aromatic carbocycles. The van der Waals surface area contributed by atoms with Crippen molar-refractivity contribution < 1.29 is 27.5 Å². The summed E-state index contributed by atoms with van der Waals surface area (Å²) in [6.07, 6.45) is -4.69. The first kappa shape index (κ1) is 23.8. The lowest BCUT2D eigenvalue weighted by molar-refractivity contribution is -0.137. The largest absolute Gasteiger partial charge is 0.495 e. The first-order valence-corrected chi connectivity index (χ1v) is 9.24. The summed E-state index contributed by atoms with van der Waals surface area (Å²) >= 11 is 11.7. The second-order valence-corrected chi connectivity index (χ2v) is 7.12. The molecule has 30 heavy (non-hydrogen) atoms. The number of methoxy groups -OCH3 is 1. The minimum Gasteiger partial charge on any atom is -0.495 e. The molecule has 0 fully saturated rings. The number of rotatable bonds is 7. The van der Waals surface area contributed by atoms with E-state index in [9.17, 15) is 22.8 Å². The third-order valence-electron chi connectivity index (χ3n) is 3.85. The van der Waals surface area contributed by atoms with Crippen LogP contribution in [0.15, 0.2) is 36.4 Å². The Bertz CT molecular complexity index is 939. The number of anilines is 2. The molecule has 0 saturated heterocycles. The van der Waals surface area contributed by atoms with Crippen LogP contribution in [0.5, 0.6) is 5.75 Å². The van der Waals surface area contributed by atoms with Crippen LogP contribution in [0, 0.1) is 0 Å². The summed E-state index contributed by atoms with van der Waals surface area (Å²) in [5, 5.41) is 4.91. The Morgan fingerprint density at radius 3 is 2.30 bits per heavy atom. The second-order valence-electron chi connectivity index (χ2n) is 6.27. The first-order valence-electron chi connectivity index (χ1n) is 8.48. The van der Waals surface area contributed by atoms with Crippen molar-refractivity contribution in [3.05, 3.63) is 52.0 Å². The van der Waals surface area contributed by atoms with Gasteiger partial charge in [0.2, 0.25) is 11.8 Å². The number of carbonyl (C=O) groups is 2. The number of benzene rings is 2. The summed E-state index contributed by atoms with van der Waals surface area (Å²) in [7, 11) is 2.89. The standard InChI is InChI=1S/C19H18Cl2F3N3O3/c1-27(9-16(28)25-14-8-11(20)6-7-15(14)30-2)10-17(29)26-18-12(19(22,23)24)4-3-5-13(18)21/h3-8H,9-10H2,1-2H3,(H,25,28)(H,26,29). The number of amides is 2. The smallest absolute Gasteiger partial charge is 0.418 e. The fourth-order valence-corrected chi connectivity index (χ4v) is 2.97. The number of hydrogen-bond donors (Lipinski definition) is 2. The lowest BCUT2D eigenvalue weighted by Gasteiger charge is -2.19. The Kier molecular flexibility index (Phi) is 7.94. The van der Waals surface area contributed by atoms with Gasteiger partial charge in [-0.2, -0.15) is 13.2 Å². The van der Waals surface area contributed by atoms with Gasteiger partial charge in [0.1, 0.15) is 5.75 Å². The van der Waals surface area contributed by atoms with Crippen molar-refractivity contribution in [3.8, 4) is 5.75 Å². The minimum absolute atomic E-state index is 0.211. The monoisotopic (exact) mass is 463 g/mol. The van der Waals surface area contributed by atoms with Gasteiger partial charge in [-0.25, -0.2) is 0 Å². The molecule has 2 N–H and O–H groups in total. The van der Waals surface area contributed by atoms with E-state index in [1.807, 2.05) is 0 Å². The molecule has 0 unspecified atom stereocenters. The van der Waals surface area contributed by atoms with Gasteiger partial charge in [-0.05, 0) is 37.4 Å². The van der Waals surface area contributed by atoms with E-state index in [2.05, 4.69) is 10.6 Å². The lowest BCUT2D eigenvalue weighted by atomic mass is 10.1. The molecule has 0 spiro atoms. The molecule has 2 aromatic rings. The average Bonchev–Trinajstić information content (AvgIpc) is 2.62. The number of ether oxygens (including phenoxy) is 1. The van der Waals surface area contributed by atoms with E-state index in [0.717, 1.165) is 12.1 Å². The average molecular weight is 464 g/mol. The number of nitrogens with zero attached hydrogens (tertiary/aromatic N) is 1. The Morgan fingerprint density at radius 2 is 1.70 bits per heavy atom. The maximum absolute atomic E-state index is 13.1. The molecule has 0 aliphatic heterocycles. The zero-order valence-corrected chi connectivity index (χ0v) is 17.5. The fourth-order valence-electron chi connectivity index (χ4n) is 2.58. The van der Waals surface area contributed by atoms with Crippen LogP contribution in [0.25, 0.3) is 0 Å². The summed E-state index contributed by atoms with van der Waals surface area (Å²) in [6, 6.07) is 7.87. The van der Waals surface area contributed by atoms with E-state index >= 15 is 0 Å². The van der Waals surface area contributed by atoms with Crippen molar-refractivity contribution >= 4 is 46.4 Å². The van der Waals surface area contributed by atoms with E-state index < -0.39 is 29.2 Å². The number of halogens is 5. The molecule has 0 atom stereocenters. The second kappa shape index (κ2) is 10.0. The van der Waals surface area contributed by atoms with E-state index in [1.165, 1.54) is 31.2 Å². The molecule has 0 saturated carbocycles. The van der Waals surface area contributed by atoms with Gasteiger partial charge in [0.05, 0.1) is 42.2 Å². The number of nitrogens with one attached hydrogen (secondary N) is 2. The highest BCUT2D eigenvalue weighted by Gasteiger charge is 2.34. The Hall–Kier alpha value is -2.49. The molecular formula is C19H18Cl2F3N3O3. The number of likely N-dealkylation sites (N-methyl/N-ethyl adjacent to an activating group) is 1. The van der Waals surface area contributed by atoms with Crippen molar-refractivity contribution in [3.63, 3.8) is 0 Å². The molecule has 0 aromatic heterocycles. The van der Waals surface area contributed by atoms with Gasteiger partial charge in [-0.1, -0.05) is 29.3 Å². The maximum atomic E-state index is 13.1. The van der Waals surface area contributed by atoms with Crippen LogP contribution in [-0.2, 0) is 15.8 Å². The summed E-state index contributed by atoms with van der Waals surface area (Å²) < 4.78 is 44.5. The summed E-state index contributed by atoms with van der Waals surface area (Å²) in [6.45, 7) is -0.555. The lowest BCUT2D eigenvalue weighted by Crippen LogP contribution is -2.36. The summed E-state index contributed by atoms with van der Waals surface area (Å²) in [4.78, 5) is 25.7. The summed E-state index contributed by atoms with van der Waals surface area (Å²) in [5.74, 6) is -0.838. The Morgan fingerprint density at radius 1 is 1.07 bits per heavy atom. The van der Waals surface area contributed by atoms with Gasteiger partial charge in [0, 0.05) is 5.02 Å². The quantitative estimate of drug-likeness (QED) is 0.632. The Labute approximate surface area is 180 Å². The number of hydrogen-bond acceptors (Lipinski definition) is 4. The molecule has 0 aliphatic rings. The molecule has 6 nitrogen and oxygen atoms in total. The van der Waals surface area contributed by atoms with E-state index in [-0.39, 0.29) is 18.1 Å². The summed E-state index contributed by atoms with van der Waals surface area (Å²) in [5.41, 5.74) is -1.24. The number of para-hydroxylation sites is 1. The van der Waals surface area contributed by atoms with Gasteiger partial charge in [-0.3, -0.25) is 14.5 Å². The van der Waals surface area contributed by atoms with Gasteiger partial charge in [0.15, 0.2) is 0 Å². The first-order chi connectivity index (χ1) is 14.0. The number of carbonyl (C=O) groups excluding carboxylic acids is 2. The molecule has 0 heterocycles. The molecule has 162 valence electrons. The zero-order valence-electron chi connectivity index (χ0n) is 15.9. The maximum Gasteiger partial charge on any atom is 0.418 e. The Balaban J connectivity index is 1.99. The molecule has 2 amide bonds. The molecule has 0 bridgehead atoms. The van der Waals surface area contributed by atoms with Crippen molar-refractivity contribution in [2.75, 3.05) is 37.9 Å². The molecule has 2 rings (SSSR count). The van der Waals surface area contributed by atoms with Crippen LogP contribution < -0.4 is 15.4 Å². The predicted molar refractivity (Wildman–Crippen MR) is 109 cm³/mol. The van der Waals surface area contributed by atoms with Crippen molar-refractivity contribution in [2.45, 2.75) is 6.18 Å². The van der Waals surface area contributed by atoms with Crippen LogP contribution in [0.3, 0.4) is 0 Å². The van der Waals surface area contributed by atoms with Crippen LogP contribution in [0.1, 0.15) is 5.56 Å². The molecule has 0 aliphatic carbocycles. The topological polar surface area (TPSA) is 70.7 Å². The highest BCUT2D eigenvalue weighted by molar-refractivity contribution is 6.34. The third kappa shape index (κ3) is 6.51. The van der Waals surface area contributed by atoms with Crippen LogP contribution in [0.4, 0.5) is 24.5 Å². The minimum atomic E-state index is -4.69. The van der Waals surface area contributed by atoms with E-state index in [0.29, 0.717) is 16.5 Å². The highest BCUT2D eigenvalue weighted by Crippen LogP contribution is 2.38. The fraction of sp³-hybridized carbons (Fsp3) is 0.263. The molecule has 11 heteroatoms.